The van der Waals surface area contributed by atoms with Gasteiger partial charge in [-0.15, -0.1) is 11.3 Å². The van der Waals surface area contributed by atoms with Crippen LogP contribution in [0.15, 0.2) is 17.5 Å². The molecule has 1 heterocycles. The van der Waals surface area contributed by atoms with Gasteiger partial charge < -0.3 is 9.64 Å². The summed E-state index contributed by atoms with van der Waals surface area (Å²) in [5.74, 6) is 1.18. The van der Waals surface area contributed by atoms with E-state index in [0.29, 0.717) is 19.2 Å². The molecule has 1 aromatic carbocycles. The zero-order chi connectivity index (χ0) is 18.8. The predicted molar refractivity (Wildman–Crippen MR) is 106 cm³/mol. The summed E-state index contributed by atoms with van der Waals surface area (Å²) in [7, 11) is 0. The molecule has 3 rings (SSSR count). The summed E-state index contributed by atoms with van der Waals surface area (Å²) in [4.78, 5) is 19.1. The number of carbonyl (C=O) groups is 1. The van der Waals surface area contributed by atoms with Crippen LogP contribution in [-0.4, -0.2) is 21.8 Å². The second-order valence-electron chi connectivity index (χ2n) is 7.58. The molecule has 1 aliphatic carbocycles. The maximum Gasteiger partial charge on any atom is 0.225 e. The number of aryl methyl sites for hydroxylation is 2. The number of nitrogens with zero attached hydrogens (tertiary/aromatic N) is 2. The van der Waals surface area contributed by atoms with E-state index < -0.39 is 0 Å². The van der Waals surface area contributed by atoms with E-state index in [1.165, 1.54) is 16.7 Å². The van der Waals surface area contributed by atoms with Crippen LogP contribution in [0.3, 0.4) is 0 Å². The van der Waals surface area contributed by atoms with Gasteiger partial charge in [0.1, 0.15) is 17.4 Å². The van der Waals surface area contributed by atoms with E-state index in [1.54, 1.807) is 11.3 Å². The number of aromatic nitrogens is 1. The average molecular weight is 373 g/mol. The molecular weight excluding hydrogens is 344 g/mol. The fourth-order valence-electron chi connectivity index (χ4n) is 3.06. The summed E-state index contributed by atoms with van der Waals surface area (Å²) in [6.45, 7) is 11.3. The fourth-order valence-corrected chi connectivity index (χ4v) is 3.75. The highest BCUT2D eigenvalue weighted by molar-refractivity contribution is 7.09. The van der Waals surface area contributed by atoms with Crippen molar-refractivity contribution in [2.45, 2.75) is 66.7 Å². The Balaban J connectivity index is 1.64. The van der Waals surface area contributed by atoms with Crippen LogP contribution < -0.4 is 4.74 Å². The molecule has 1 saturated carbocycles. The van der Waals surface area contributed by atoms with Crippen LogP contribution >= 0.6 is 11.3 Å². The molecule has 4 nitrogen and oxygen atoms in total. The summed E-state index contributed by atoms with van der Waals surface area (Å²) >= 11 is 1.60. The van der Waals surface area contributed by atoms with Gasteiger partial charge in [0.05, 0.1) is 12.2 Å². The molecule has 1 amide bonds. The number of thiazole rings is 1. The lowest BCUT2D eigenvalue weighted by atomic mass is 10.1. The van der Waals surface area contributed by atoms with Crippen LogP contribution in [0.4, 0.5) is 0 Å². The molecule has 1 aromatic heterocycles. The predicted octanol–water partition coefficient (Wildman–Crippen LogP) is 4.79. The van der Waals surface area contributed by atoms with Crippen LogP contribution in [-0.2, 0) is 17.9 Å². The highest BCUT2D eigenvalue weighted by Crippen LogP contribution is 2.30. The van der Waals surface area contributed by atoms with E-state index in [2.05, 4.69) is 38.3 Å². The van der Waals surface area contributed by atoms with Gasteiger partial charge in [-0.3, -0.25) is 4.79 Å². The van der Waals surface area contributed by atoms with Crippen LogP contribution in [0.2, 0.25) is 0 Å². The largest absolute Gasteiger partial charge is 0.486 e. The van der Waals surface area contributed by atoms with Crippen LogP contribution in [0, 0.1) is 26.7 Å². The van der Waals surface area contributed by atoms with Gasteiger partial charge in [0.2, 0.25) is 5.91 Å². The first-order valence-electron chi connectivity index (χ1n) is 9.29. The first-order valence-corrected chi connectivity index (χ1v) is 10.2. The van der Waals surface area contributed by atoms with Crippen molar-refractivity contribution in [3.05, 3.63) is 44.9 Å². The first kappa shape index (κ1) is 18.9. The lowest BCUT2D eigenvalue weighted by Crippen LogP contribution is -2.35. The van der Waals surface area contributed by atoms with Crippen LogP contribution in [0.5, 0.6) is 5.75 Å². The van der Waals surface area contributed by atoms with Crippen molar-refractivity contribution < 1.29 is 9.53 Å². The Morgan fingerprint density at radius 3 is 2.69 bits per heavy atom. The number of rotatable bonds is 7. The maximum absolute atomic E-state index is 12.4. The Hall–Kier alpha value is -1.88. The van der Waals surface area contributed by atoms with Crippen LogP contribution in [0.1, 0.15) is 54.1 Å². The molecule has 0 aliphatic heterocycles. The highest BCUT2D eigenvalue weighted by atomic mass is 32.1. The average Bonchev–Trinajstić information content (AvgIpc) is 3.33. The lowest BCUT2D eigenvalue weighted by Gasteiger charge is -2.23. The third kappa shape index (κ3) is 4.44. The molecule has 26 heavy (non-hydrogen) atoms. The van der Waals surface area contributed by atoms with Crippen molar-refractivity contribution in [1.29, 1.82) is 0 Å². The van der Waals surface area contributed by atoms with Crippen molar-refractivity contribution in [3.8, 4) is 5.75 Å². The molecule has 0 bridgehead atoms. The molecule has 0 saturated heterocycles. The van der Waals surface area contributed by atoms with Crippen molar-refractivity contribution in [2.24, 2.45) is 5.92 Å². The third-order valence-electron chi connectivity index (χ3n) is 4.81. The van der Waals surface area contributed by atoms with Gasteiger partial charge in [-0.1, -0.05) is 19.9 Å². The minimum Gasteiger partial charge on any atom is -0.486 e. The topological polar surface area (TPSA) is 42.4 Å². The summed E-state index contributed by atoms with van der Waals surface area (Å²) in [6, 6.07) is 4.65. The van der Waals surface area contributed by atoms with Gasteiger partial charge in [0.25, 0.3) is 0 Å². The number of hydrogen-bond donors (Lipinski definition) is 0. The van der Waals surface area contributed by atoms with Crippen LogP contribution in [0.25, 0.3) is 0 Å². The second-order valence-corrected chi connectivity index (χ2v) is 8.52. The Morgan fingerprint density at radius 1 is 1.31 bits per heavy atom. The molecule has 0 spiro atoms. The van der Waals surface area contributed by atoms with Gasteiger partial charge in [0.15, 0.2) is 0 Å². The van der Waals surface area contributed by atoms with Crippen molar-refractivity contribution in [2.75, 3.05) is 0 Å². The van der Waals surface area contributed by atoms with E-state index >= 15 is 0 Å². The molecule has 140 valence electrons. The Morgan fingerprint density at radius 2 is 2.04 bits per heavy atom. The van der Waals surface area contributed by atoms with Gasteiger partial charge >= 0.3 is 0 Å². The third-order valence-corrected chi connectivity index (χ3v) is 5.68. The zero-order valence-electron chi connectivity index (χ0n) is 16.3. The minimum absolute atomic E-state index is 0.0320. The number of amides is 1. The van der Waals surface area contributed by atoms with Gasteiger partial charge in [-0.2, -0.15) is 0 Å². The minimum atomic E-state index is 0.0320. The van der Waals surface area contributed by atoms with E-state index in [9.17, 15) is 4.79 Å². The standard InChI is InChI=1S/C21H28N2O2S/c1-13(2)21(24)23(18-6-7-18)10-17-12-26-20(22-17)11-25-19-9-14(3)8-15(4)16(19)5/h8-9,12-13,18H,6-7,10-11H2,1-5H3. The smallest absolute Gasteiger partial charge is 0.225 e. The normalized spacial score (nSPS) is 13.9. The lowest BCUT2D eigenvalue weighted by molar-refractivity contribution is -0.135. The molecule has 0 atom stereocenters. The molecular formula is C21H28N2O2S. The van der Waals surface area contributed by atoms with Gasteiger partial charge in [0, 0.05) is 17.3 Å². The Labute approximate surface area is 160 Å². The number of hydrogen-bond acceptors (Lipinski definition) is 4. The van der Waals surface area contributed by atoms with E-state index in [1.807, 2.05) is 18.7 Å². The number of carbonyl (C=O) groups excluding carboxylic acids is 1. The highest BCUT2D eigenvalue weighted by Gasteiger charge is 2.33. The number of benzene rings is 1. The molecule has 2 aromatic rings. The van der Waals surface area contributed by atoms with E-state index in [0.717, 1.165) is 29.3 Å². The van der Waals surface area contributed by atoms with Crippen molar-refractivity contribution >= 4 is 17.2 Å². The summed E-state index contributed by atoms with van der Waals surface area (Å²) in [5, 5.41) is 3.00. The van der Waals surface area contributed by atoms with Crippen molar-refractivity contribution in [3.63, 3.8) is 0 Å². The molecule has 0 radical (unpaired) electrons. The molecule has 1 fully saturated rings. The van der Waals surface area contributed by atoms with E-state index in [4.69, 9.17) is 9.72 Å². The van der Waals surface area contributed by atoms with Gasteiger partial charge in [-0.05, 0) is 56.4 Å². The van der Waals surface area contributed by atoms with Crippen molar-refractivity contribution in [1.82, 2.24) is 9.88 Å². The molecule has 5 heteroatoms. The molecule has 1 aliphatic rings. The van der Waals surface area contributed by atoms with Gasteiger partial charge in [-0.25, -0.2) is 4.98 Å². The Bertz CT molecular complexity index is 793. The summed E-state index contributed by atoms with van der Waals surface area (Å²) in [6.07, 6.45) is 2.23. The summed E-state index contributed by atoms with van der Waals surface area (Å²) < 4.78 is 6.02. The number of ether oxygens (including phenoxy) is 1. The SMILES string of the molecule is Cc1cc(C)c(C)c(OCc2nc(CN(C(=O)C(C)C)C3CC3)cs2)c1. The summed E-state index contributed by atoms with van der Waals surface area (Å²) in [5.41, 5.74) is 4.59. The fraction of sp³-hybridized carbons (Fsp3) is 0.524. The van der Waals surface area contributed by atoms with E-state index in [-0.39, 0.29) is 11.8 Å². The second kappa shape index (κ2) is 7.78. The first-order chi connectivity index (χ1) is 12.3. The quantitative estimate of drug-likeness (QED) is 0.701. The molecule has 0 unspecified atom stereocenters. The monoisotopic (exact) mass is 372 g/mol. The molecule has 0 N–H and O–H groups in total. The zero-order valence-corrected chi connectivity index (χ0v) is 17.2. The maximum atomic E-state index is 12.4. The Kier molecular flexibility index (Phi) is 5.66.